The van der Waals surface area contributed by atoms with Crippen LogP contribution < -0.4 is 0 Å². The molecule has 180 valence electrons. The van der Waals surface area contributed by atoms with E-state index in [1.807, 2.05) is 4.90 Å². The van der Waals surface area contributed by atoms with Gasteiger partial charge in [-0.25, -0.2) is 0 Å². The number of carbonyl (C=O) groups is 3. The Morgan fingerprint density at radius 1 is 1.09 bits per heavy atom. The molecule has 33 heavy (non-hydrogen) atoms. The molecule has 0 radical (unpaired) electrons. The average Bonchev–Trinajstić information content (AvgIpc) is 3.23. The molecule has 4 aliphatic heterocycles. The molecule has 0 bridgehead atoms. The lowest BCUT2D eigenvalue weighted by Gasteiger charge is -2.39. The maximum Gasteiger partial charge on any atom is 0.311 e. The Bertz CT molecular complexity index is 854. The van der Waals surface area contributed by atoms with Gasteiger partial charge in [-0.2, -0.15) is 0 Å². The number of thioether (sulfide) groups is 1. The zero-order valence-electron chi connectivity index (χ0n) is 19.1. The summed E-state index contributed by atoms with van der Waals surface area (Å²) in [6, 6.07) is -0.447. The highest BCUT2D eigenvalue weighted by molar-refractivity contribution is 8.02. The molecule has 1 saturated carbocycles. The molecule has 3 fully saturated rings. The van der Waals surface area contributed by atoms with Crippen molar-refractivity contribution in [1.82, 2.24) is 9.80 Å². The molecule has 1 N–H and O–H groups in total. The largest absolute Gasteiger partial charge is 0.465 e. The van der Waals surface area contributed by atoms with Crippen LogP contribution in [0.4, 0.5) is 0 Å². The lowest BCUT2D eigenvalue weighted by molar-refractivity contribution is -0.153. The first-order chi connectivity index (χ1) is 16.1. The highest BCUT2D eigenvalue weighted by atomic mass is 32.2. The van der Waals surface area contributed by atoms with Crippen LogP contribution in [0.5, 0.6) is 0 Å². The summed E-state index contributed by atoms with van der Waals surface area (Å²) < 4.78 is 4.79. The fraction of sp³-hybridized carbons (Fsp3) is 0.720. The number of aliphatic hydroxyl groups is 1. The Balaban J connectivity index is 1.56. The van der Waals surface area contributed by atoms with E-state index in [1.54, 1.807) is 16.7 Å². The fourth-order valence-corrected chi connectivity index (χ4v) is 8.47. The van der Waals surface area contributed by atoms with Crippen LogP contribution in [0.1, 0.15) is 51.4 Å². The number of cyclic esters (lactones) is 1. The lowest BCUT2D eigenvalue weighted by Crippen LogP contribution is -2.55. The highest BCUT2D eigenvalue weighted by Gasteiger charge is 2.71. The van der Waals surface area contributed by atoms with Crippen molar-refractivity contribution >= 4 is 29.5 Å². The van der Waals surface area contributed by atoms with E-state index < -0.39 is 22.6 Å². The molecular weight excluding hydrogens is 440 g/mol. The number of nitrogens with zero attached hydrogens (tertiary/aromatic N) is 2. The number of amides is 2. The third-order valence-corrected chi connectivity index (χ3v) is 9.70. The third-order valence-electron chi connectivity index (χ3n) is 7.95. The molecule has 1 spiro atoms. The van der Waals surface area contributed by atoms with Gasteiger partial charge in [-0.15, -0.1) is 11.8 Å². The lowest BCUT2D eigenvalue weighted by atomic mass is 9.78. The topological polar surface area (TPSA) is 87.2 Å². The van der Waals surface area contributed by atoms with Crippen LogP contribution in [0.3, 0.4) is 0 Å². The normalized spacial score (nSPS) is 38.0. The number of hydrogen-bond acceptors (Lipinski definition) is 6. The Kier molecular flexibility index (Phi) is 6.58. The van der Waals surface area contributed by atoms with Gasteiger partial charge in [-0.05, 0) is 32.1 Å². The van der Waals surface area contributed by atoms with E-state index in [9.17, 15) is 19.5 Å². The number of ether oxygens (including phenoxy) is 1. The van der Waals surface area contributed by atoms with Crippen molar-refractivity contribution in [3.8, 4) is 0 Å². The minimum Gasteiger partial charge on any atom is -0.465 e. The molecule has 4 heterocycles. The van der Waals surface area contributed by atoms with Crippen LogP contribution in [0.25, 0.3) is 0 Å². The summed E-state index contributed by atoms with van der Waals surface area (Å²) >= 11 is 1.59. The van der Waals surface area contributed by atoms with E-state index in [1.165, 1.54) is 6.42 Å². The molecule has 5 atom stereocenters. The molecule has 1 aliphatic carbocycles. The molecular formula is C25H34N2O5S. The minimum absolute atomic E-state index is 0.00275. The van der Waals surface area contributed by atoms with E-state index in [-0.39, 0.29) is 35.7 Å². The van der Waals surface area contributed by atoms with Crippen LogP contribution >= 0.6 is 11.8 Å². The van der Waals surface area contributed by atoms with Crippen molar-refractivity contribution in [2.24, 2.45) is 11.8 Å². The first-order valence-corrected chi connectivity index (χ1v) is 13.4. The van der Waals surface area contributed by atoms with Crippen molar-refractivity contribution < 1.29 is 24.2 Å². The maximum absolute atomic E-state index is 14.1. The first-order valence-electron chi connectivity index (χ1n) is 12.5. The number of fused-ring (bicyclic) bond motifs is 2. The second-order valence-corrected chi connectivity index (χ2v) is 11.4. The molecule has 0 aromatic rings. The van der Waals surface area contributed by atoms with Crippen molar-refractivity contribution in [3.63, 3.8) is 0 Å². The smallest absolute Gasteiger partial charge is 0.311 e. The number of esters is 1. The predicted molar refractivity (Wildman–Crippen MR) is 125 cm³/mol. The SMILES string of the molecule is O=C1OCCC/C=C\[C@H]2S[C@]34C=CCN(C5CCCCC5)C(=O)C3N(CCCO)C(=O)[C@@H]4[C@@H]12. The number of aliphatic hydroxyl groups excluding tert-OH is 1. The Morgan fingerprint density at radius 2 is 1.91 bits per heavy atom. The van der Waals surface area contributed by atoms with Crippen LogP contribution in [0.2, 0.25) is 0 Å². The van der Waals surface area contributed by atoms with Crippen LogP contribution in [-0.4, -0.2) is 81.1 Å². The molecule has 1 unspecified atom stereocenters. The van der Waals surface area contributed by atoms with Crippen molar-refractivity contribution in [2.75, 3.05) is 26.3 Å². The molecule has 5 aliphatic rings. The van der Waals surface area contributed by atoms with Gasteiger partial charge in [-0.1, -0.05) is 43.6 Å². The van der Waals surface area contributed by atoms with Gasteiger partial charge in [0.1, 0.15) is 6.04 Å². The van der Waals surface area contributed by atoms with Gasteiger partial charge in [-0.3, -0.25) is 14.4 Å². The van der Waals surface area contributed by atoms with Gasteiger partial charge in [0.2, 0.25) is 11.8 Å². The van der Waals surface area contributed by atoms with Crippen molar-refractivity contribution in [1.29, 1.82) is 0 Å². The predicted octanol–water partition coefficient (Wildman–Crippen LogP) is 2.29. The first kappa shape index (κ1) is 23.0. The minimum atomic E-state index is -0.787. The van der Waals surface area contributed by atoms with Gasteiger partial charge < -0.3 is 19.6 Å². The van der Waals surface area contributed by atoms with Gasteiger partial charge >= 0.3 is 5.97 Å². The summed E-state index contributed by atoms with van der Waals surface area (Å²) in [6.45, 7) is 1.17. The van der Waals surface area contributed by atoms with Crippen LogP contribution in [0.15, 0.2) is 24.3 Å². The van der Waals surface area contributed by atoms with Crippen molar-refractivity contribution in [2.45, 2.75) is 73.4 Å². The number of likely N-dealkylation sites (tertiary alicyclic amines) is 1. The summed E-state index contributed by atoms with van der Waals surface area (Å²) in [6.07, 6.45) is 15.7. The van der Waals surface area contributed by atoms with E-state index in [0.29, 0.717) is 26.1 Å². The highest BCUT2D eigenvalue weighted by Crippen LogP contribution is 2.60. The quantitative estimate of drug-likeness (QED) is 0.497. The molecule has 0 aromatic carbocycles. The second-order valence-electron chi connectivity index (χ2n) is 9.87. The van der Waals surface area contributed by atoms with Crippen LogP contribution in [0, 0.1) is 11.8 Å². The zero-order chi connectivity index (χ0) is 23.0. The van der Waals surface area contributed by atoms with E-state index in [0.717, 1.165) is 38.5 Å². The summed E-state index contributed by atoms with van der Waals surface area (Å²) in [5.41, 5.74) is 0. The Labute approximate surface area is 199 Å². The fourth-order valence-electron chi connectivity index (χ4n) is 6.47. The third kappa shape index (κ3) is 3.83. The van der Waals surface area contributed by atoms with E-state index in [2.05, 4.69) is 24.3 Å². The molecule has 2 saturated heterocycles. The van der Waals surface area contributed by atoms with E-state index >= 15 is 0 Å². The molecule has 7 nitrogen and oxygen atoms in total. The average molecular weight is 475 g/mol. The maximum atomic E-state index is 14.1. The molecule has 0 aromatic heterocycles. The molecule has 2 amide bonds. The number of allylic oxidation sites excluding steroid dienone is 1. The van der Waals surface area contributed by atoms with E-state index in [4.69, 9.17) is 4.74 Å². The Morgan fingerprint density at radius 3 is 2.70 bits per heavy atom. The number of carbonyl (C=O) groups excluding carboxylic acids is 3. The number of hydrogen-bond donors (Lipinski definition) is 1. The van der Waals surface area contributed by atoms with Gasteiger partial charge in [0.05, 0.1) is 23.2 Å². The van der Waals surface area contributed by atoms with Gasteiger partial charge in [0.15, 0.2) is 0 Å². The molecule has 5 rings (SSSR count). The monoisotopic (exact) mass is 474 g/mol. The van der Waals surface area contributed by atoms with Gasteiger partial charge in [0, 0.05) is 31.0 Å². The zero-order valence-corrected chi connectivity index (χ0v) is 19.9. The second kappa shape index (κ2) is 9.45. The Hall–Kier alpha value is -1.80. The van der Waals surface area contributed by atoms with Crippen LogP contribution in [-0.2, 0) is 19.1 Å². The van der Waals surface area contributed by atoms with Crippen molar-refractivity contribution in [3.05, 3.63) is 24.3 Å². The molecule has 8 heteroatoms. The standard InChI is InChI=1S/C25H34N2O5S/c28-15-8-14-27-21-23(30)26(17-9-3-1-4-10-17)13-7-12-25(21)20(22(27)29)19-18(33-25)11-5-2-6-16-32-24(19)31/h5,7,11-12,17-21,28H,1-4,6,8-10,13-16H2/b11-5-/t18-,19+,20+,21?,25+/m1/s1. The summed E-state index contributed by atoms with van der Waals surface area (Å²) in [5, 5.41) is 9.29. The summed E-state index contributed by atoms with van der Waals surface area (Å²) in [5.74, 6) is -1.71. The number of rotatable bonds is 4. The van der Waals surface area contributed by atoms with Gasteiger partial charge in [0.25, 0.3) is 0 Å². The summed E-state index contributed by atoms with van der Waals surface area (Å²) in [4.78, 5) is 44.8. The summed E-state index contributed by atoms with van der Waals surface area (Å²) in [7, 11) is 0.